The van der Waals surface area contributed by atoms with Crippen LogP contribution >= 0.6 is 0 Å². The third-order valence-electron chi connectivity index (χ3n) is 3.84. The fourth-order valence-corrected chi connectivity index (χ4v) is 2.62. The number of nitrogens with two attached hydrogens (primary N) is 1. The average molecular weight is 276 g/mol. The lowest BCUT2D eigenvalue weighted by molar-refractivity contribution is -0.123. The number of ether oxygens (including phenoxy) is 1. The van der Waals surface area contributed by atoms with Gasteiger partial charge in [0.15, 0.2) is 6.61 Å². The molecule has 1 atom stereocenters. The van der Waals surface area contributed by atoms with Gasteiger partial charge < -0.3 is 15.8 Å². The molecule has 0 unspecified atom stereocenters. The minimum absolute atomic E-state index is 0.0447. The van der Waals surface area contributed by atoms with Crippen LogP contribution in [-0.4, -0.2) is 18.6 Å². The van der Waals surface area contributed by atoms with Crippen molar-refractivity contribution in [2.75, 3.05) is 6.61 Å². The summed E-state index contributed by atoms with van der Waals surface area (Å²) in [5, 5.41) is 3.02. The van der Waals surface area contributed by atoms with Crippen LogP contribution < -0.4 is 15.8 Å². The maximum Gasteiger partial charge on any atom is 0.258 e. The molecule has 0 bridgehead atoms. The molecule has 1 fully saturated rings. The summed E-state index contributed by atoms with van der Waals surface area (Å²) in [5.41, 5.74) is 7.01. The van der Waals surface area contributed by atoms with Gasteiger partial charge in [-0.05, 0) is 25.3 Å². The molecule has 1 aliphatic carbocycles. The van der Waals surface area contributed by atoms with Crippen molar-refractivity contribution in [3.8, 4) is 5.75 Å². The topological polar surface area (TPSA) is 64.3 Å². The van der Waals surface area contributed by atoms with Gasteiger partial charge in [-0.25, -0.2) is 0 Å². The molecule has 1 aromatic carbocycles. The van der Waals surface area contributed by atoms with Crippen LogP contribution in [0.4, 0.5) is 0 Å². The molecule has 1 amide bonds. The average Bonchev–Trinajstić information content (AvgIpc) is 2.97. The summed E-state index contributed by atoms with van der Waals surface area (Å²) in [6.45, 7) is 2.10. The maximum atomic E-state index is 11.9. The zero-order valence-corrected chi connectivity index (χ0v) is 12.1. The van der Waals surface area contributed by atoms with E-state index in [2.05, 4.69) is 5.32 Å². The summed E-state index contributed by atoms with van der Waals surface area (Å²) in [6, 6.07) is 7.95. The predicted molar refractivity (Wildman–Crippen MR) is 79.6 cm³/mol. The molecule has 1 saturated carbocycles. The molecule has 3 N–H and O–H groups in total. The number of rotatable bonds is 6. The molecule has 0 aromatic heterocycles. The second-order valence-electron chi connectivity index (χ2n) is 5.39. The number of para-hydroxylation sites is 1. The third-order valence-corrected chi connectivity index (χ3v) is 3.84. The summed E-state index contributed by atoms with van der Waals surface area (Å²) >= 11 is 0. The van der Waals surface area contributed by atoms with Crippen LogP contribution in [0.15, 0.2) is 24.3 Å². The van der Waals surface area contributed by atoms with Gasteiger partial charge in [0, 0.05) is 17.6 Å². The van der Waals surface area contributed by atoms with E-state index in [1.807, 2.05) is 31.2 Å². The highest BCUT2D eigenvalue weighted by atomic mass is 16.5. The van der Waals surface area contributed by atoms with E-state index in [1.165, 1.54) is 12.8 Å². The molecule has 0 saturated heterocycles. The van der Waals surface area contributed by atoms with Gasteiger partial charge in [-0.3, -0.25) is 4.79 Å². The van der Waals surface area contributed by atoms with Crippen molar-refractivity contribution in [3.63, 3.8) is 0 Å². The number of amides is 1. The van der Waals surface area contributed by atoms with Crippen molar-refractivity contribution in [2.24, 2.45) is 5.73 Å². The minimum atomic E-state index is -0.0518. The second-order valence-corrected chi connectivity index (χ2v) is 5.39. The Morgan fingerprint density at radius 2 is 2.10 bits per heavy atom. The molecule has 0 aliphatic heterocycles. The molecule has 20 heavy (non-hydrogen) atoms. The lowest BCUT2D eigenvalue weighted by Gasteiger charge is -2.16. The Bertz CT molecular complexity index is 442. The van der Waals surface area contributed by atoms with Crippen molar-refractivity contribution in [3.05, 3.63) is 29.8 Å². The summed E-state index contributed by atoms with van der Waals surface area (Å²) in [7, 11) is 0. The molecule has 1 aliphatic rings. The monoisotopic (exact) mass is 276 g/mol. The molecular formula is C16H24N2O2. The number of carbonyl (C=O) groups excluding carboxylic acids is 1. The second kappa shape index (κ2) is 7.29. The Labute approximate surface area is 120 Å². The highest BCUT2D eigenvalue weighted by molar-refractivity contribution is 5.77. The Hall–Kier alpha value is -1.55. The fourth-order valence-electron chi connectivity index (χ4n) is 2.62. The maximum absolute atomic E-state index is 11.9. The molecule has 2 rings (SSSR count). The smallest absolute Gasteiger partial charge is 0.258 e. The number of nitrogens with one attached hydrogen (secondary N) is 1. The first-order chi connectivity index (χ1) is 9.70. The van der Waals surface area contributed by atoms with Crippen molar-refractivity contribution >= 4 is 5.91 Å². The largest absolute Gasteiger partial charge is 0.483 e. The summed E-state index contributed by atoms with van der Waals surface area (Å²) in [4.78, 5) is 11.9. The predicted octanol–water partition coefficient (Wildman–Crippen LogP) is 2.53. The molecule has 1 aromatic rings. The standard InChI is InChI=1S/C16H24N2O2/c1-2-14(17)13-9-5-6-10-15(13)20-11-16(19)18-12-7-3-4-8-12/h5-6,9-10,12,14H,2-4,7-8,11,17H2,1H3,(H,18,19)/t14-/m1/s1. The van der Waals surface area contributed by atoms with Gasteiger partial charge in [-0.1, -0.05) is 38.0 Å². The normalized spacial score (nSPS) is 16.9. The van der Waals surface area contributed by atoms with Crippen LogP contribution in [0.2, 0.25) is 0 Å². The van der Waals surface area contributed by atoms with Gasteiger partial charge in [-0.2, -0.15) is 0 Å². The van der Waals surface area contributed by atoms with E-state index in [0.29, 0.717) is 11.8 Å². The molecule has 0 radical (unpaired) electrons. The van der Waals surface area contributed by atoms with Gasteiger partial charge in [-0.15, -0.1) is 0 Å². The van der Waals surface area contributed by atoms with Crippen LogP contribution in [0.1, 0.15) is 50.6 Å². The van der Waals surface area contributed by atoms with Gasteiger partial charge in [0.1, 0.15) is 5.75 Å². The number of hydrogen-bond acceptors (Lipinski definition) is 3. The Morgan fingerprint density at radius 3 is 2.80 bits per heavy atom. The number of hydrogen-bond donors (Lipinski definition) is 2. The van der Waals surface area contributed by atoms with Crippen LogP contribution in [0.3, 0.4) is 0 Å². The number of carbonyl (C=O) groups is 1. The van der Waals surface area contributed by atoms with E-state index < -0.39 is 0 Å². The molecule has 110 valence electrons. The summed E-state index contributed by atoms with van der Waals surface area (Å²) < 4.78 is 5.64. The highest BCUT2D eigenvalue weighted by Gasteiger charge is 2.17. The Balaban J connectivity index is 1.88. The molecular weight excluding hydrogens is 252 g/mol. The van der Waals surface area contributed by atoms with Gasteiger partial charge >= 0.3 is 0 Å². The van der Waals surface area contributed by atoms with Gasteiger partial charge in [0.05, 0.1) is 0 Å². The first-order valence-corrected chi connectivity index (χ1v) is 7.47. The van der Waals surface area contributed by atoms with E-state index in [1.54, 1.807) is 0 Å². The fraction of sp³-hybridized carbons (Fsp3) is 0.562. The van der Waals surface area contributed by atoms with Crippen molar-refractivity contribution in [1.82, 2.24) is 5.32 Å². The van der Waals surface area contributed by atoms with E-state index >= 15 is 0 Å². The highest BCUT2D eigenvalue weighted by Crippen LogP contribution is 2.25. The molecule has 0 heterocycles. The molecule has 4 nitrogen and oxygen atoms in total. The van der Waals surface area contributed by atoms with E-state index in [4.69, 9.17) is 10.5 Å². The van der Waals surface area contributed by atoms with E-state index in [9.17, 15) is 4.79 Å². The minimum Gasteiger partial charge on any atom is -0.483 e. The van der Waals surface area contributed by atoms with Crippen LogP contribution in [0.5, 0.6) is 5.75 Å². The van der Waals surface area contributed by atoms with E-state index in [0.717, 1.165) is 24.8 Å². The Morgan fingerprint density at radius 1 is 1.40 bits per heavy atom. The lowest BCUT2D eigenvalue weighted by Crippen LogP contribution is -2.36. The van der Waals surface area contributed by atoms with Crippen molar-refractivity contribution in [1.29, 1.82) is 0 Å². The van der Waals surface area contributed by atoms with Crippen molar-refractivity contribution < 1.29 is 9.53 Å². The van der Waals surface area contributed by atoms with Crippen LogP contribution in [0.25, 0.3) is 0 Å². The number of benzene rings is 1. The first kappa shape index (κ1) is 14.9. The Kier molecular flexibility index (Phi) is 5.41. The zero-order chi connectivity index (χ0) is 14.4. The van der Waals surface area contributed by atoms with Crippen molar-refractivity contribution in [2.45, 2.75) is 51.1 Å². The van der Waals surface area contributed by atoms with E-state index in [-0.39, 0.29) is 18.6 Å². The van der Waals surface area contributed by atoms with Gasteiger partial charge in [0.2, 0.25) is 0 Å². The first-order valence-electron chi connectivity index (χ1n) is 7.47. The molecule has 4 heteroatoms. The quantitative estimate of drug-likeness (QED) is 0.839. The van der Waals surface area contributed by atoms with Gasteiger partial charge in [0.25, 0.3) is 5.91 Å². The lowest BCUT2D eigenvalue weighted by atomic mass is 10.0. The third kappa shape index (κ3) is 3.97. The summed E-state index contributed by atoms with van der Waals surface area (Å²) in [5.74, 6) is 0.667. The SMILES string of the molecule is CC[C@@H](N)c1ccccc1OCC(=O)NC1CCCC1. The van der Waals surface area contributed by atoms with Crippen LogP contribution in [0, 0.1) is 0 Å². The zero-order valence-electron chi connectivity index (χ0n) is 12.1. The summed E-state index contributed by atoms with van der Waals surface area (Å²) in [6.07, 6.45) is 5.43. The molecule has 0 spiro atoms. The van der Waals surface area contributed by atoms with Crippen LogP contribution in [-0.2, 0) is 4.79 Å².